The molecular weight excluding hydrogens is 258 g/mol. The average molecular weight is 285 g/mol. The predicted octanol–water partition coefficient (Wildman–Crippen LogP) is 3.04. The van der Waals surface area contributed by atoms with Crippen LogP contribution in [0.25, 0.3) is 0 Å². The highest BCUT2D eigenvalue weighted by Crippen LogP contribution is 2.34. The SMILES string of the molecule is C[C@@H]1C[C@H](C)C[C@H]([C@H](NC(=O)OC(C)(C)C)C(=O)O)C1. The summed E-state index contributed by atoms with van der Waals surface area (Å²) in [6.45, 7) is 9.54. The summed E-state index contributed by atoms with van der Waals surface area (Å²) in [6.07, 6.45) is 2.12. The van der Waals surface area contributed by atoms with Crippen LogP contribution in [0.2, 0.25) is 0 Å². The maximum absolute atomic E-state index is 11.8. The van der Waals surface area contributed by atoms with E-state index in [9.17, 15) is 14.7 Å². The molecule has 0 heterocycles. The Morgan fingerprint density at radius 3 is 2.05 bits per heavy atom. The van der Waals surface area contributed by atoms with E-state index in [1.54, 1.807) is 20.8 Å². The standard InChI is InChI=1S/C15H27NO4/c1-9-6-10(2)8-11(7-9)12(13(17)18)16-14(19)20-15(3,4)5/h9-12H,6-8H2,1-5H3,(H,16,19)(H,17,18)/t9-,10+,11-,12-/m0/s1. The summed E-state index contributed by atoms with van der Waals surface area (Å²) in [7, 11) is 0. The Hall–Kier alpha value is -1.26. The molecule has 0 aromatic carbocycles. The Labute approximate surface area is 121 Å². The lowest BCUT2D eigenvalue weighted by Crippen LogP contribution is -2.49. The fourth-order valence-corrected chi connectivity index (χ4v) is 3.10. The Balaban J connectivity index is 2.69. The van der Waals surface area contributed by atoms with Gasteiger partial charge < -0.3 is 15.2 Å². The van der Waals surface area contributed by atoms with E-state index in [0.29, 0.717) is 11.8 Å². The predicted molar refractivity (Wildman–Crippen MR) is 76.5 cm³/mol. The molecule has 0 aromatic rings. The van der Waals surface area contributed by atoms with Gasteiger partial charge in [0.2, 0.25) is 0 Å². The monoisotopic (exact) mass is 285 g/mol. The third-order valence-electron chi connectivity index (χ3n) is 3.62. The molecule has 1 amide bonds. The molecule has 1 aliphatic carbocycles. The number of carbonyl (C=O) groups excluding carboxylic acids is 1. The lowest BCUT2D eigenvalue weighted by molar-refractivity contribution is -0.141. The highest BCUT2D eigenvalue weighted by Gasteiger charge is 2.35. The third kappa shape index (κ3) is 5.39. The normalized spacial score (nSPS) is 28.6. The highest BCUT2D eigenvalue weighted by molar-refractivity contribution is 5.80. The first-order valence-electron chi connectivity index (χ1n) is 7.30. The van der Waals surface area contributed by atoms with Crippen LogP contribution in [0.15, 0.2) is 0 Å². The average Bonchev–Trinajstić information content (AvgIpc) is 2.21. The molecule has 1 fully saturated rings. The first-order chi connectivity index (χ1) is 9.08. The summed E-state index contributed by atoms with van der Waals surface area (Å²) in [5.41, 5.74) is -0.625. The molecule has 0 unspecified atom stereocenters. The number of carboxylic acid groups (broad SMARTS) is 1. The molecule has 0 radical (unpaired) electrons. The van der Waals surface area contributed by atoms with Crippen molar-refractivity contribution in [2.75, 3.05) is 0 Å². The van der Waals surface area contributed by atoms with Crippen LogP contribution in [0.3, 0.4) is 0 Å². The molecule has 0 aromatic heterocycles. The van der Waals surface area contributed by atoms with Crippen LogP contribution in [0, 0.1) is 17.8 Å². The Morgan fingerprint density at radius 2 is 1.65 bits per heavy atom. The minimum absolute atomic E-state index is 0.0289. The van der Waals surface area contributed by atoms with E-state index in [-0.39, 0.29) is 5.92 Å². The number of ether oxygens (including phenoxy) is 1. The highest BCUT2D eigenvalue weighted by atomic mass is 16.6. The van der Waals surface area contributed by atoms with Crippen LogP contribution in [-0.4, -0.2) is 28.8 Å². The zero-order chi connectivity index (χ0) is 15.5. The van der Waals surface area contributed by atoms with Gasteiger partial charge in [-0.1, -0.05) is 13.8 Å². The Morgan fingerprint density at radius 1 is 1.15 bits per heavy atom. The number of hydrogen-bond acceptors (Lipinski definition) is 3. The molecule has 0 bridgehead atoms. The van der Waals surface area contributed by atoms with E-state index in [1.165, 1.54) is 0 Å². The van der Waals surface area contributed by atoms with Crippen molar-refractivity contribution in [2.24, 2.45) is 17.8 Å². The molecule has 5 heteroatoms. The van der Waals surface area contributed by atoms with Gasteiger partial charge in [-0.25, -0.2) is 9.59 Å². The topological polar surface area (TPSA) is 75.6 Å². The number of carboxylic acids is 1. The largest absolute Gasteiger partial charge is 0.480 e. The molecule has 2 N–H and O–H groups in total. The summed E-state index contributed by atoms with van der Waals surface area (Å²) >= 11 is 0. The van der Waals surface area contributed by atoms with Gasteiger partial charge in [0.25, 0.3) is 0 Å². The smallest absolute Gasteiger partial charge is 0.408 e. The van der Waals surface area contributed by atoms with Crippen LogP contribution in [0.1, 0.15) is 53.9 Å². The van der Waals surface area contributed by atoms with Gasteiger partial charge in [-0.05, 0) is 57.8 Å². The minimum atomic E-state index is -0.984. The fraction of sp³-hybridized carbons (Fsp3) is 0.867. The van der Waals surface area contributed by atoms with Crippen LogP contribution in [0.5, 0.6) is 0 Å². The first kappa shape index (κ1) is 16.8. The molecule has 5 nitrogen and oxygen atoms in total. The third-order valence-corrected chi connectivity index (χ3v) is 3.62. The Bertz CT molecular complexity index is 351. The minimum Gasteiger partial charge on any atom is -0.480 e. The van der Waals surface area contributed by atoms with Gasteiger partial charge in [0, 0.05) is 0 Å². The maximum atomic E-state index is 11.8. The summed E-state index contributed by atoms with van der Waals surface area (Å²) in [5, 5.41) is 11.9. The van der Waals surface area contributed by atoms with Crippen molar-refractivity contribution < 1.29 is 19.4 Å². The van der Waals surface area contributed by atoms with Crippen molar-refractivity contribution in [3.63, 3.8) is 0 Å². The van der Waals surface area contributed by atoms with E-state index in [0.717, 1.165) is 19.3 Å². The zero-order valence-electron chi connectivity index (χ0n) is 13.1. The molecule has 0 aliphatic heterocycles. The number of alkyl carbamates (subject to hydrolysis) is 1. The van der Waals surface area contributed by atoms with Crippen LogP contribution < -0.4 is 5.32 Å². The number of aliphatic carboxylic acids is 1. The molecule has 1 rings (SSSR count). The van der Waals surface area contributed by atoms with Gasteiger partial charge in [0.05, 0.1) is 0 Å². The van der Waals surface area contributed by atoms with Gasteiger partial charge >= 0.3 is 12.1 Å². The van der Waals surface area contributed by atoms with Crippen molar-refractivity contribution in [3.8, 4) is 0 Å². The lowest BCUT2D eigenvalue weighted by Gasteiger charge is -2.35. The number of rotatable bonds is 3. The maximum Gasteiger partial charge on any atom is 0.408 e. The number of nitrogens with one attached hydrogen (secondary N) is 1. The summed E-state index contributed by atoms with van der Waals surface area (Å²) in [5.74, 6) is -0.0296. The van der Waals surface area contributed by atoms with Gasteiger partial charge in [-0.2, -0.15) is 0 Å². The molecular formula is C15H27NO4. The number of amides is 1. The van der Waals surface area contributed by atoms with Crippen molar-refractivity contribution in [2.45, 2.75) is 65.5 Å². The van der Waals surface area contributed by atoms with Gasteiger partial charge in [-0.15, -0.1) is 0 Å². The summed E-state index contributed by atoms with van der Waals surface area (Å²) < 4.78 is 5.15. The number of carbonyl (C=O) groups is 2. The molecule has 0 spiro atoms. The Kier molecular flexibility index (Phi) is 5.42. The summed E-state index contributed by atoms with van der Waals surface area (Å²) in [4.78, 5) is 23.2. The fourth-order valence-electron chi connectivity index (χ4n) is 3.10. The van der Waals surface area contributed by atoms with Gasteiger partial charge in [0.1, 0.15) is 11.6 Å². The van der Waals surface area contributed by atoms with Gasteiger partial charge in [-0.3, -0.25) is 0 Å². The second kappa shape index (κ2) is 6.46. The number of hydrogen-bond donors (Lipinski definition) is 2. The van der Waals surface area contributed by atoms with Crippen molar-refractivity contribution >= 4 is 12.1 Å². The van der Waals surface area contributed by atoms with Crippen molar-refractivity contribution in [3.05, 3.63) is 0 Å². The second-order valence-electron chi connectivity index (χ2n) is 7.14. The lowest BCUT2D eigenvalue weighted by atomic mass is 9.74. The van der Waals surface area contributed by atoms with Crippen LogP contribution >= 0.6 is 0 Å². The van der Waals surface area contributed by atoms with E-state index >= 15 is 0 Å². The quantitative estimate of drug-likeness (QED) is 0.835. The van der Waals surface area contributed by atoms with Crippen LogP contribution in [-0.2, 0) is 9.53 Å². The first-order valence-corrected chi connectivity index (χ1v) is 7.30. The van der Waals surface area contributed by atoms with Crippen molar-refractivity contribution in [1.82, 2.24) is 5.32 Å². The second-order valence-corrected chi connectivity index (χ2v) is 7.14. The molecule has 1 saturated carbocycles. The summed E-state index contributed by atoms with van der Waals surface area (Å²) in [6, 6.07) is -0.866. The van der Waals surface area contributed by atoms with E-state index in [4.69, 9.17) is 4.74 Å². The van der Waals surface area contributed by atoms with Gasteiger partial charge in [0.15, 0.2) is 0 Å². The molecule has 1 aliphatic rings. The molecule has 116 valence electrons. The molecule has 0 saturated heterocycles. The van der Waals surface area contributed by atoms with E-state index in [2.05, 4.69) is 19.2 Å². The van der Waals surface area contributed by atoms with E-state index in [1.807, 2.05) is 0 Å². The van der Waals surface area contributed by atoms with Crippen LogP contribution in [0.4, 0.5) is 4.79 Å². The zero-order valence-corrected chi connectivity index (χ0v) is 13.1. The van der Waals surface area contributed by atoms with Crippen molar-refractivity contribution in [1.29, 1.82) is 0 Å². The molecule has 20 heavy (non-hydrogen) atoms. The molecule has 4 atom stereocenters. The van der Waals surface area contributed by atoms with E-state index < -0.39 is 23.7 Å².